The number of halogens is 4. The van der Waals surface area contributed by atoms with E-state index in [1.54, 1.807) is 6.92 Å². The number of ether oxygens (including phenoxy) is 2. The second-order valence-corrected chi connectivity index (χ2v) is 12.2. The van der Waals surface area contributed by atoms with Crippen LogP contribution in [-0.4, -0.2) is 54.6 Å². The molecule has 1 atom stereocenters. The van der Waals surface area contributed by atoms with Gasteiger partial charge in [-0.05, 0) is 51.8 Å². The molecule has 1 aromatic heterocycles. The van der Waals surface area contributed by atoms with Gasteiger partial charge in [-0.1, -0.05) is 11.6 Å². The summed E-state index contributed by atoms with van der Waals surface area (Å²) in [5.74, 6) is -0.401. The Balaban J connectivity index is 1.69. The second-order valence-electron chi connectivity index (χ2n) is 9.97. The molecule has 214 valence electrons. The minimum absolute atomic E-state index is 0.0108. The Kier molecular flexibility index (Phi) is 7.21. The van der Waals surface area contributed by atoms with Gasteiger partial charge in [0.25, 0.3) is 10.0 Å². The van der Waals surface area contributed by atoms with Crippen molar-refractivity contribution >= 4 is 45.0 Å². The molecule has 16 heteroatoms. The number of benzene rings is 1. The van der Waals surface area contributed by atoms with Crippen molar-refractivity contribution in [1.29, 1.82) is 0 Å². The Hall–Kier alpha value is -3.20. The third-order valence-corrected chi connectivity index (χ3v) is 8.91. The van der Waals surface area contributed by atoms with Crippen molar-refractivity contribution in [3.63, 3.8) is 0 Å². The molecule has 11 nitrogen and oxygen atoms in total. The average molecular weight is 594 g/mol. The number of carbonyl (C=O) groups excluding carboxylic acids is 2. The lowest BCUT2D eigenvalue weighted by molar-refractivity contribution is -0.242. The van der Waals surface area contributed by atoms with Gasteiger partial charge in [-0.25, -0.2) is 13.2 Å². The molecule has 2 aliphatic rings. The summed E-state index contributed by atoms with van der Waals surface area (Å²) in [6.45, 7) is 3.26. The Morgan fingerprint density at radius 2 is 1.97 bits per heavy atom. The number of carbonyl (C=O) groups is 2. The number of amides is 2. The minimum Gasteiger partial charge on any atom is -0.486 e. The topological polar surface area (TPSA) is 146 Å². The van der Waals surface area contributed by atoms with E-state index in [0.29, 0.717) is 33.2 Å². The van der Waals surface area contributed by atoms with Crippen LogP contribution in [0.15, 0.2) is 29.3 Å². The Bertz CT molecular complexity index is 1410. The number of hydrogen-bond donors (Lipinski definition) is 2. The predicted octanol–water partition coefficient (Wildman–Crippen LogP) is 4.06. The Labute approximate surface area is 227 Å². The number of hydrogen-bond acceptors (Lipinski definition) is 7. The number of aromatic nitrogens is 2. The molecule has 0 unspecified atom stereocenters. The highest BCUT2D eigenvalue weighted by Gasteiger charge is 2.52. The van der Waals surface area contributed by atoms with Crippen LogP contribution in [-0.2, 0) is 26.1 Å². The third-order valence-electron chi connectivity index (χ3n) is 6.74. The fraction of sp³-hybridized carbons (Fsp3) is 0.522. The third kappa shape index (κ3) is 5.60. The van der Waals surface area contributed by atoms with Crippen molar-refractivity contribution in [3.8, 4) is 5.75 Å². The van der Waals surface area contributed by atoms with E-state index in [9.17, 15) is 31.2 Å². The smallest absolute Gasteiger partial charge is 0.427 e. The van der Waals surface area contributed by atoms with Crippen LogP contribution < -0.4 is 20.1 Å². The highest BCUT2D eigenvalue weighted by molar-refractivity contribution is 7.93. The van der Waals surface area contributed by atoms with Crippen LogP contribution in [0.25, 0.3) is 0 Å². The van der Waals surface area contributed by atoms with Crippen LogP contribution in [0.5, 0.6) is 5.75 Å². The van der Waals surface area contributed by atoms with Gasteiger partial charge in [0.15, 0.2) is 5.15 Å². The lowest BCUT2D eigenvalue weighted by Crippen LogP contribution is -2.45. The van der Waals surface area contributed by atoms with Crippen molar-refractivity contribution in [2.75, 3.05) is 16.2 Å². The molecule has 4 rings (SSSR count). The average Bonchev–Trinajstić information content (AvgIpc) is 3.50. The van der Waals surface area contributed by atoms with E-state index >= 15 is 0 Å². The van der Waals surface area contributed by atoms with Gasteiger partial charge in [0.05, 0.1) is 17.6 Å². The van der Waals surface area contributed by atoms with Crippen LogP contribution in [0.1, 0.15) is 40.0 Å². The second kappa shape index (κ2) is 9.77. The molecule has 1 fully saturated rings. The zero-order chi connectivity index (χ0) is 29.0. The number of nitrogens with two attached hydrogens (primary N) is 1. The monoisotopic (exact) mass is 593 g/mol. The van der Waals surface area contributed by atoms with Crippen LogP contribution >= 0.6 is 11.6 Å². The molecule has 0 saturated heterocycles. The molecule has 0 bridgehead atoms. The first kappa shape index (κ1) is 28.8. The normalized spacial score (nSPS) is 18.6. The van der Waals surface area contributed by atoms with Crippen molar-refractivity contribution in [2.45, 2.75) is 69.4 Å². The number of sulfonamides is 1. The molecule has 1 aromatic carbocycles. The molecule has 1 aliphatic heterocycles. The number of anilines is 2. The maximum Gasteiger partial charge on any atom is 0.427 e. The SMILES string of the molecule is CCn1cc(S(=O)(=O)N2C[C@@H](CC3(C(N)=O)CC3)Oc3ccc(NC(=O)OC(C)(C)C(F)(F)F)cc32)c(Cl)n1. The van der Waals surface area contributed by atoms with E-state index in [0.717, 1.165) is 4.31 Å². The molecule has 0 spiro atoms. The van der Waals surface area contributed by atoms with Gasteiger partial charge in [0.2, 0.25) is 11.5 Å². The summed E-state index contributed by atoms with van der Waals surface area (Å²) in [5, 5.41) is 5.92. The molecule has 2 amide bonds. The first-order valence-corrected chi connectivity index (χ1v) is 13.7. The summed E-state index contributed by atoms with van der Waals surface area (Å²) in [6, 6.07) is 3.90. The quantitative estimate of drug-likeness (QED) is 0.469. The predicted molar refractivity (Wildman–Crippen MR) is 134 cm³/mol. The van der Waals surface area contributed by atoms with Crippen molar-refractivity contribution < 1.29 is 40.7 Å². The van der Waals surface area contributed by atoms with Gasteiger partial charge in [0, 0.05) is 24.8 Å². The number of primary amides is 1. The van der Waals surface area contributed by atoms with Crippen LogP contribution in [0.4, 0.5) is 29.3 Å². The summed E-state index contributed by atoms with van der Waals surface area (Å²) in [5.41, 5.74) is 1.93. The zero-order valence-corrected chi connectivity index (χ0v) is 22.8. The first-order valence-electron chi connectivity index (χ1n) is 11.9. The molecule has 1 aliphatic carbocycles. The fourth-order valence-corrected chi connectivity index (χ4v) is 6.08. The van der Waals surface area contributed by atoms with E-state index in [2.05, 4.69) is 15.2 Å². The molecular weight excluding hydrogens is 567 g/mol. The fourth-order valence-electron chi connectivity index (χ4n) is 4.13. The molecule has 0 radical (unpaired) electrons. The van der Waals surface area contributed by atoms with Gasteiger partial charge in [-0.3, -0.25) is 19.1 Å². The van der Waals surface area contributed by atoms with E-state index in [4.69, 9.17) is 22.1 Å². The summed E-state index contributed by atoms with van der Waals surface area (Å²) >= 11 is 6.15. The van der Waals surface area contributed by atoms with Crippen LogP contribution in [0, 0.1) is 5.41 Å². The van der Waals surface area contributed by atoms with E-state index in [-0.39, 0.29) is 40.1 Å². The molecular formula is C23H27ClF3N5O6S. The van der Waals surface area contributed by atoms with Gasteiger partial charge in [-0.2, -0.15) is 18.3 Å². The number of nitrogens with zero attached hydrogens (tertiary/aromatic N) is 3. The molecule has 3 N–H and O–H groups in total. The summed E-state index contributed by atoms with van der Waals surface area (Å²) < 4.78 is 79.9. The number of alkyl halides is 3. The highest BCUT2D eigenvalue weighted by Crippen LogP contribution is 2.51. The Morgan fingerprint density at radius 1 is 1.31 bits per heavy atom. The van der Waals surface area contributed by atoms with Crippen LogP contribution in [0.2, 0.25) is 5.15 Å². The number of nitrogens with one attached hydrogen (secondary N) is 1. The number of rotatable bonds is 8. The molecule has 2 aromatic rings. The molecule has 2 heterocycles. The van der Waals surface area contributed by atoms with E-state index < -0.39 is 45.3 Å². The highest BCUT2D eigenvalue weighted by atomic mass is 35.5. The number of fused-ring (bicyclic) bond motifs is 1. The van der Waals surface area contributed by atoms with Crippen molar-refractivity contribution in [1.82, 2.24) is 9.78 Å². The maximum atomic E-state index is 13.8. The van der Waals surface area contributed by atoms with Gasteiger partial charge in [0.1, 0.15) is 16.7 Å². The van der Waals surface area contributed by atoms with E-state index in [1.807, 2.05) is 0 Å². The minimum atomic E-state index is -4.82. The first-order chi connectivity index (χ1) is 18.0. The van der Waals surface area contributed by atoms with Crippen molar-refractivity contribution in [2.24, 2.45) is 11.1 Å². The summed E-state index contributed by atoms with van der Waals surface area (Å²) in [4.78, 5) is 23.9. The molecule has 39 heavy (non-hydrogen) atoms. The largest absolute Gasteiger partial charge is 0.486 e. The van der Waals surface area contributed by atoms with Crippen molar-refractivity contribution in [3.05, 3.63) is 29.5 Å². The standard InChI is InChI=1S/C23H27ClF3N5O6S/c1-4-31-12-17(18(24)30-31)39(35,36)32-11-14(10-22(7-8-22)19(28)33)37-16-6-5-13(9-15(16)32)29-20(34)38-21(2,3)23(25,26)27/h5-6,9,12,14H,4,7-8,10-11H2,1-3H3,(H2,28,33)(H,29,34)/t14-/m1/s1. The lowest BCUT2D eigenvalue weighted by Gasteiger charge is -2.36. The lowest BCUT2D eigenvalue weighted by atomic mass is 9.97. The Morgan fingerprint density at radius 3 is 2.51 bits per heavy atom. The summed E-state index contributed by atoms with van der Waals surface area (Å²) in [6.07, 6.45) is -4.42. The summed E-state index contributed by atoms with van der Waals surface area (Å²) in [7, 11) is -4.35. The van der Waals surface area contributed by atoms with Crippen LogP contribution in [0.3, 0.4) is 0 Å². The maximum absolute atomic E-state index is 13.8. The van der Waals surface area contributed by atoms with Gasteiger partial charge < -0.3 is 15.2 Å². The zero-order valence-electron chi connectivity index (χ0n) is 21.2. The van der Waals surface area contributed by atoms with E-state index in [1.165, 1.54) is 29.1 Å². The van der Waals surface area contributed by atoms with Gasteiger partial charge >= 0.3 is 12.3 Å². The number of aryl methyl sites for hydroxylation is 1. The molecule has 1 saturated carbocycles. The van der Waals surface area contributed by atoms with Gasteiger partial charge in [-0.15, -0.1) is 0 Å².